The zero-order chi connectivity index (χ0) is 38.9. The lowest BCUT2D eigenvalue weighted by molar-refractivity contribution is -0.195. The highest BCUT2D eigenvalue weighted by Gasteiger charge is 2.57. The fourth-order valence-electron chi connectivity index (χ4n) is 9.67. The fourth-order valence-corrected chi connectivity index (χ4v) is 9.90. The Kier molecular flexibility index (Phi) is 12.8. The van der Waals surface area contributed by atoms with Crippen molar-refractivity contribution in [2.75, 3.05) is 34.4 Å². The number of aliphatic hydroxyl groups excluding tert-OH is 3. The third-order valence-corrected chi connectivity index (χ3v) is 12.8. The second-order valence-electron chi connectivity index (χ2n) is 16.7. The predicted molar refractivity (Wildman–Crippen MR) is 212 cm³/mol. The van der Waals surface area contributed by atoms with Crippen LogP contribution in [-0.2, 0) is 17.8 Å². The van der Waals surface area contributed by atoms with Gasteiger partial charge in [0.15, 0.2) is 0 Å². The molecule has 10 nitrogen and oxygen atoms in total. The van der Waals surface area contributed by atoms with Crippen LogP contribution in [0.2, 0.25) is 5.02 Å². The van der Waals surface area contributed by atoms with E-state index in [9.17, 15) is 20.1 Å². The Morgan fingerprint density at radius 3 is 2.46 bits per heavy atom. The first-order valence-electron chi connectivity index (χ1n) is 19.3. The summed E-state index contributed by atoms with van der Waals surface area (Å²) in [5.74, 6) is 1.37. The van der Waals surface area contributed by atoms with Gasteiger partial charge < -0.3 is 30.3 Å². The molecule has 1 saturated heterocycles. The molecule has 4 fully saturated rings. The molecule has 4 aliphatic rings. The number of carbonyl (C=O) groups is 1. The van der Waals surface area contributed by atoms with Crippen LogP contribution in [0.5, 0.6) is 5.75 Å². The van der Waals surface area contributed by atoms with E-state index in [4.69, 9.17) is 21.2 Å². The largest absolute Gasteiger partial charge is 0.496 e. The third kappa shape index (κ3) is 8.51. The zero-order valence-electron chi connectivity index (χ0n) is 32.7. The molecule has 3 aliphatic carbocycles. The summed E-state index contributed by atoms with van der Waals surface area (Å²) in [6, 6.07) is 20.5. The maximum atomic E-state index is 13.8. The molecule has 3 saturated carbocycles. The minimum Gasteiger partial charge on any atom is -0.496 e. The quantitative estimate of drug-likeness (QED) is 0.130. The van der Waals surface area contributed by atoms with Crippen molar-refractivity contribution in [3.8, 4) is 16.9 Å². The molecule has 3 aromatic carbocycles. The molecule has 3 aromatic rings. The number of hydroxylamine groups is 2. The maximum absolute atomic E-state index is 13.8. The Morgan fingerprint density at radius 1 is 1.09 bits per heavy atom. The normalized spacial score (nSPS) is 28.0. The van der Waals surface area contributed by atoms with Crippen molar-refractivity contribution in [2.24, 2.45) is 29.1 Å². The van der Waals surface area contributed by atoms with Gasteiger partial charge in [0.1, 0.15) is 18.1 Å². The molecule has 1 unspecified atom stereocenters. The van der Waals surface area contributed by atoms with E-state index in [1.165, 1.54) is 6.42 Å². The van der Waals surface area contributed by atoms with Gasteiger partial charge in [-0.25, -0.2) is 0 Å². The number of rotatable bonds is 15. The number of benzene rings is 3. The molecule has 1 aliphatic heterocycles. The summed E-state index contributed by atoms with van der Waals surface area (Å²) in [5, 5.41) is 42.1. The maximum Gasteiger partial charge on any atom is 0.251 e. The number of methoxy groups -OCH3 is 1. The van der Waals surface area contributed by atoms with Gasteiger partial charge in [0.25, 0.3) is 5.91 Å². The fraction of sp³-hybridized carbons (Fsp3) is 0.558. The van der Waals surface area contributed by atoms with Gasteiger partial charge in [-0.2, -0.15) is 5.06 Å². The van der Waals surface area contributed by atoms with E-state index < -0.39 is 30.4 Å². The van der Waals surface area contributed by atoms with Crippen LogP contribution in [0.3, 0.4) is 0 Å². The monoisotopic (exact) mass is 762 g/mol. The number of aliphatic hydroxyl groups is 3. The van der Waals surface area contributed by atoms with E-state index in [1.807, 2.05) is 62.6 Å². The Bertz CT molecular complexity index is 1740. The number of nitrogens with one attached hydrogen (secondary N) is 2. The second kappa shape index (κ2) is 17.0. The van der Waals surface area contributed by atoms with Crippen LogP contribution >= 0.6 is 11.6 Å². The summed E-state index contributed by atoms with van der Waals surface area (Å²) in [7, 11) is 5.57. The van der Waals surface area contributed by atoms with E-state index in [-0.39, 0.29) is 31.1 Å². The van der Waals surface area contributed by atoms with Crippen LogP contribution < -0.4 is 15.4 Å². The number of hydrogen-bond donors (Lipinski definition) is 5. The van der Waals surface area contributed by atoms with Crippen LogP contribution in [0.25, 0.3) is 11.1 Å². The van der Waals surface area contributed by atoms with Crippen molar-refractivity contribution in [3.05, 3.63) is 88.4 Å². The van der Waals surface area contributed by atoms with E-state index in [1.54, 1.807) is 25.2 Å². The van der Waals surface area contributed by atoms with Crippen molar-refractivity contribution >= 4 is 17.5 Å². The minimum absolute atomic E-state index is 0.125. The summed E-state index contributed by atoms with van der Waals surface area (Å²) < 4.78 is 6.04. The molecule has 0 radical (unpaired) electrons. The molecule has 54 heavy (non-hydrogen) atoms. The Morgan fingerprint density at radius 2 is 1.83 bits per heavy atom. The number of ether oxygens (including phenoxy) is 1. The Balaban J connectivity index is 1.25. The third-order valence-electron chi connectivity index (χ3n) is 12.6. The van der Waals surface area contributed by atoms with Gasteiger partial charge in [-0.05, 0) is 92.8 Å². The molecular weight excluding hydrogens is 704 g/mol. The van der Waals surface area contributed by atoms with Gasteiger partial charge in [-0.3, -0.25) is 14.9 Å². The predicted octanol–water partition coefficient (Wildman–Crippen LogP) is 5.37. The van der Waals surface area contributed by atoms with Crippen LogP contribution in [0.4, 0.5) is 0 Å². The highest BCUT2D eigenvalue weighted by atomic mass is 35.5. The molecule has 2 bridgehead atoms. The van der Waals surface area contributed by atoms with Crippen molar-refractivity contribution in [2.45, 2.75) is 90.1 Å². The average Bonchev–Trinajstić information content (AvgIpc) is 3.50. The molecule has 10 atom stereocenters. The van der Waals surface area contributed by atoms with Gasteiger partial charge in [-0.15, -0.1) is 0 Å². The number of carbonyl (C=O) groups excluding carboxylic acids is 1. The van der Waals surface area contributed by atoms with E-state index in [0.29, 0.717) is 58.0 Å². The van der Waals surface area contributed by atoms with Crippen molar-refractivity contribution in [3.63, 3.8) is 0 Å². The highest BCUT2D eigenvalue weighted by molar-refractivity contribution is 6.31. The van der Waals surface area contributed by atoms with Gasteiger partial charge in [0, 0.05) is 46.3 Å². The van der Waals surface area contributed by atoms with E-state index >= 15 is 0 Å². The lowest BCUT2D eigenvalue weighted by atomic mass is 9.44. The zero-order valence-corrected chi connectivity index (χ0v) is 33.5. The van der Waals surface area contributed by atoms with Crippen LogP contribution in [0, 0.1) is 29.1 Å². The number of amides is 1. The van der Waals surface area contributed by atoms with E-state index in [0.717, 1.165) is 23.1 Å². The summed E-state index contributed by atoms with van der Waals surface area (Å²) in [4.78, 5) is 22.1. The summed E-state index contributed by atoms with van der Waals surface area (Å²) >= 11 is 6.68. The highest BCUT2D eigenvalue weighted by Crippen LogP contribution is 2.61. The number of halogens is 1. The summed E-state index contributed by atoms with van der Waals surface area (Å²) in [6.45, 7) is 9.22. The van der Waals surface area contributed by atoms with E-state index in [2.05, 4.69) is 48.4 Å². The molecule has 0 spiro atoms. The molecule has 294 valence electrons. The second-order valence-corrected chi connectivity index (χ2v) is 17.2. The first kappa shape index (κ1) is 40.6. The molecule has 1 heterocycles. The standard InChI is InChI=1S/C43H59ClN4O6/c1-25-35-20-31(43(35,3)4)21-36(25)46-42(52)39-38(26(2)50)37(24-49)54-48(39)22-28-14-11-15-34(40(28)53-7)29-17-30(19-32(44)18-29)41(51)45-33(23-47(5)6)16-27-12-9-8-10-13-27/h8-15,17-19,25-26,31,33,35-39,42,46,49-50,52H,16,20-24H2,1-7H3,(H,45,51)/t25-,26-,31+,33-,35-,36-,37-,38+,39-,42?/m0/s1. The number of fused-ring (bicyclic) bond motifs is 2. The first-order chi connectivity index (χ1) is 25.7. The molecule has 5 N–H and O–H groups in total. The topological polar surface area (TPSA) is 127 Å². The van der Waals surface area contributed by atoms with Crippen molar-refractivity contribution in [1.82, 2.24) is 20.6 Å². The minimum atomic E-state index is -1.02. The smallest absolute Gasteiger partial charge is 0.251 e. The lowest BCUT2D eigenvalue weighted by Gasteiger charge is -2.62. The van der Waals surface area contributed by atoms with Crippen LogP contribution in [-0.4, -0.2) is 102 Å². The van der Waals surface area contributed by atoms with Crippen LogP contribution in [0.15, 0.2) is 66.7 Å². The molecule has 11 heteroatoms. The SMILES string of the molecule is COc1c(CN2O[C@@H](CO)[C@@H]([C@H](C)O)[C@H]2C(O)N[C@H]2C[C@H]3C[C@@H]([C@@H]2C)C3(C)C)cccc1-c1cc(Cl)cc(C(=O)N[C@@H](Cc2ccccc2)CN(C)C)c1. The number of para-hydroxylation sites is 1. The summed E-state index contributed by atoms with van der Waals surface area (Å²) in [5.41, 5.74) is 4.09. The number of likely N-dealkylation sites (N-methyl/N-ethyl adjacent to an activating group) is 1. The van der Waals surface area contributed by atoms with Gasteiger partial charge in [-0.1, -0.05) is 80.9 Å². The molecular formula is C43H59ClN4O6. The molecule has 7 rings (SSSR count). The summed E-state index contributed by atoms with van der Waals surface area (Å²) in [6.07, 6.45) is 0.323. The average molecular weight is 763 g/mol. The van der Waals surface area contributed by atoms with Crippen LogP contribution in [0.1, 0.15) is 62.0 Å². The van der Waals surface area contributed by atoms with Crippen molar-refractivity contribution < 1.29 is 29.7 Å². The number of hydrogen-bond acceptors (Lipinski definition) is 9. The molecule has 1 amide bonds. The van der Waals surface area contributed by atoms with Crippen molar-refractivity contribution in [1.29, 1.82) is 0 Å². The van der Waals surface area contributed by atoms with Gasteiger partial charge >= 0.3 is 0 Å². The van der Waals surface area contributed by atoms with Gasteiger partial charge in [0.05, 0.1) is 32.4 Å². The van der Waals surface area contributed by atoms with Gasteiger partial charge in [0.2, 0.25) is 0 Å². The molecule has 0 aromatic heterocycles. The lowest BCUT2D eigenvalue weighted by Crippen LogP contribution is -2.63. The Labute approximate surface area is 325 Å². The first-order valence-corrected chi connectivity index (χ1v) is 19.7. The Hall–Kier alpha value is -3.06. The number of nitrogens with zero attached hydrogens (tertiary/aromatic N) is 2.